The maximum absolute atomic E-state index is 12.0. The lowest BCUT2D eigenvalue weighted by molar-refractivity contribution is -0.139. The highest BCUT2D eigenvalue weighted by Gasteiger charge is 2.18. The second-order valence-electron chi connectivity index (χ2n) is 4.22. The van der Waals surface area contributed by atoms with Crippen LogP contribution in [0.1, 0.15) is 25.8 Å². The van der Waals surface area contributed by atoms with E-state index in [9.17, 15) is 9.59 Å². The van der Waals surface area contributed by atoms with Crippen molar-refractivity contribution in [2.45, 2.75) is 32.1 Å². The van der Waals surface area contributed by atoms with Crippen LogP contribution < -0.4 is 5.32 Å². The first-order valence-corrected chi connectivity index (χ1v) is 7.81. The highest BCUT2D eigenvalue weighted by Crippen LogP contribution is 2.15. The quantitative estimate of drug-likeness (QED) is 0.748. The van der Waals surface area contributed by atoms with Gasteiger partial charge >= 0.3 is 5.97 Å². The average Bonchev–Trinajstić information content (AvgIpc) is 2.47. The summed E-state index contributed by atoms with van der Waals surface area (Å²) in [6, 6.07) is 9.75. The first-order chi connectivity index (χ1) is 9.67. The van der Waals surface area contributed by atoms with Crippen molar-refractivity contribution in [3.05, 3.63) is 35.9 Å². The molecule has 110 valence electrons. The number of carbonyl (C=O) groups excluding carboxylic acids is 2. The van der Waals surface area contributed by atoms with Crippen molar-refractivity contribution in [1.29, 1.82) is 0 Å². The fourth-order valence-corrected chi connectivity index (χ4v) is 2.54. The molecule has 0 fully saturated rings. The number of hydrogen-bond donors (Lipinski definition) is 1. The molecule has 1 rings (SSSR count). The molecule has 1 aromatic rings. The number of esters is 1. The second kappa shape index (κ2) is 9.42. The summed E-state index contributed by atoms with van der Waals surface area (Å²) in [5.41, 5.74) is 1.06. The Kier molecular flexibility index (Phi) is 7.80. The fourth-order valence-electron chi connectivity index (χ4n) is 1.65. The Hall–Kier alpha value is -1.49. The molecule has 0 aliphatic rings. The molecule has 0 bridgehead atoms. The van der Waals surface area contributed by atoms with Gasteiger partial charge in [0.25, 0.3) is 0 Å². The zero-order valence-electron chi connectivity index (χ0n) is 11.9. The largest absolute Gasteiger partial charge is 0.465 e. The van der Waals surface area contributed by atoms with Crippen LogP contribution in [-0.2, 0) is 20.9 Å². The minimum Gasteiger partial charge on any atom is -0.465 e. The highest BCUT2D eigenvalue weighted by atomic mass is 32.2. The van der Waals surface area contributed by atoms with Gasteiger partial charge < -0.3 is 10.1 Å². The number of amides is 1. The molecule has 4 nitrogen and oxygen atoms in total. The molecule has 5 heteroatoms. The third kappa shape index (κ3) is 6.10. The molecule has 0 radical (unpaired) electrons. The molecule has 1 aromatic carbocycles. The molecular weight excluding hydrogens is 274 g/mol. The number of benzene rings is 1. The summed E-state index contributed by atoms with van der Waals surface area (Å²) in [4.78, 5) is 23.3. The van der Waals surface area contributed by atoms with Crippen molar-refractivity contribution >= 4 is 23.6 Å². The maximum Gasteiger partial charge on any atom is 0.315 e. The SMILES string of the molecule is CCOC(=O)CSC(CC)C(=O)NCc1ccccc1. The van der Waals surface area contributed by atoms with Gasteiger partial charge in [0, 0.05) is 6.54 Å². The first-order valence-electron chi connectivity index (χ1n) is 6.76. The Bertz CT molecular complexity index is 422. The third-order valence-electron chi connectivity index (χ3n) is 2.68. The van der Waals surface area contributed by atoms with Gasteiger partial charge in [-0.2, -0.15) is 0 Å². The van der Waals surface area contributed by atoms with Crippen LogP contribution in [0.5, 0.6) is 0 Å². The molecule has 0 heterocycles. The summed E-state index contributed by atoms with van der Waals surface area (Å²) in [6.45, 7) is 4.59. The third-order valence-corrected chi connectivity index (χ3v) is 4.03. The van der Waals surface area contributed by atoms with Crippen molar-refractivity contribution in [3.8, 4) is 0 Å². The predicted molar refractivity (Wildman–Crippen MR) is 81.5 cm³/mol. The van der Waals surface area contributed by atoms with E-state index in [1.807, 2.05) is 37.3 Å². The topological polar surface area (TPSA) is 55.4 Å². The molecule has 0 saturated heterocycles. The van der Waals surface area contributed by atoms with E-state index in [-0.39, 0.29) is 22.9 Å². The van der Waals surface area contributed by atoms with Gasteiger partial charge in [-0.25, -0.2) is 0 Å². The first kappa shape index (κ1) is 16.6. The van der Waals surface area contributed by atoms with Crippen molar-refractivity contribution in [3.63, 3.8) is 0 Å². The van der Waals surface area contributed by atoms with E-state index in [4.69, 9.17) is 4.74 Å². The Labute approximate surface area is 124 Å². The van der Waals surface area contributed by atoms with Gasteiger partial charge in [-0.3, -0.25) is 9.59 Å². The van der Waals surface area contributed by atoms with Crippen LogP contribution in [0, 0.1) is 0 Å². The Morgan fingerprint density at radius 1 is 1.25 bits per heavy atom. The number of rotatable bonds is 8. The summed E-state index contributed by atoms with van der Waals surface area (Å²) in [5, 5.41) is 2.67. The zero-order valence-corrected chi connectivity index (χ0v) is 12.7. The van der Waals surface area contributed by atoms with E-state index in [2.05, 4.69) is 5.32 Å². The summed E-state index contributed by atoms with van der Waals surface area (Å²) in [5.74, 6) is -0.0945. The predicted octanol–water partition coefficient (Wildman–Crippen LogP) is 2.38. The van der Waals surface area contributed by atoms with E-state index in [1.54, 1.807) is 6.92 Å². The molecule has 0 aliphatic carbocycles. The molecule has 0 spiro atoms. The van der Waals surface area contributed by atoms with Crippen molar-refractivity contribution < 1.29 is 14.3 Å². The number of hydrogen-bond acceptors (Lipinski definition) is 4. The van der Waals surface area contributed by atoms with Gasteiger partial charge in [-0.1, -0.05) is 37.3 Å². The fraction of sp³-hybridized carbons (Fsp3) is 0.467. The van der Waals surface area contributed by atoms with Gasteiger partial charge in [0.05, 0.1) is 17.6 Å². The lowest BCUT2D eigenvalue weighted by Gasteiger charge is -2.14. The van der Waals surface area contributed by atoms with Crippen LogP contribution in [0.2, 0.25) is 0 Å². The van der Waals surface area contributed by atoms with Gasteiger partial charge in [-0.05, 0) is 18.9 Å². The molecule has 1 N–H and O–H groups in total. The Morgan fingerprint density at radius 2 is 1.95 bits per heavy atom. The van der Waals surface area contributed by atoms with E-state index < -0.39 is 0 Å². The molecular formula is C15H21NO3S. The lowest BCUT2D eigenvalue weighted by Crippen LogP contribution is -2.32. The summed E-state index contributed by atoms with van der Waals surface area (Å²) < 4.78 is 4.85. The van der Waals surface area contributed by atoms with Crippen LogP contribution in [-0.4, -0.2) is 29.5 Å². The standard InChI is InChI=1S/C15H21NO3S/c1-3-13(20-11-14(17)19-4-2)15(18)16-10-12-8-6-5-7-9-12/h5-9,13H,3-4,10-11H2,1-2H3,(H,16,18). The van der Waals surface area contributed by atoms with Crippen molar-refractivity contribution in [1.82, 2.24) is 5.32 Å². The molecule has 1 unspecified atom stereocenters. The maximum atomic E-state index is 12.0. The highest BCUT2D eigenvalue weighted by molar-refractivity contribution is 8.01. The smallest absolute Gasteiger partial charge is 0.315 e. The Balaban J connectivity index is 2.37. The molecule has 1 amide bonds. The van der Waals surface area contributed by atoms with Gasteiger partial charge in [0.1, 0.15) is 0 Å². The van der Waals surface area contributed by atoms with Crippen LogP contribution in [0.15, 0.2) is 30.3 Å². The van der Waals surface area contributed by atoms with Gasteiger partial charge in [0.15, 0.2) is 0 Å². The van der Waals surface area contributed by atoms with Crippen LogP contribution in [0.25, 0.3) is 0 Å². The normalized spacial score (nSPS) is 11.7. The Morgan fingerprint density at radius 3 is 2.55 bits per heavy atom. The number of thioether (sulfide) groups is 1. The minimum atomic E-state index is -0.271. The van der Waals surface area contributed by atoms with E-state index in [0.29, 0.717) is 19.6 Å². The summed E-state index contributed by atoms with van der Waals surface area (Å²) >= 11 is 1.33. The number of ether oxygens (including phenoxy) is 1. The molecule has 0 aliphatic heterocycles. The van der Waals surface area contributed by atoms with Crippen molar-refractivity contribution in [2.24, 2.45) is 0 Å². The summed E-state index contributed by atoms with van der Waals surface area (Å²) in [7, 11) is 0. The number of nitrogens with one attached hydrogen (secondary N) is 1. The lowest BCUT2D eigenvalue weighted by atomic mass is 10.2. The van der Waals surface area contributed by atoms with Gasteiger partial charge in [0.2, 0.25) is 5.91 Å². The van der Waals surface area contributed by atoms with Crippen LogP contribution >= 0.6 is 11.8 Å². The van der Waals surface area contributed by atoms with Crippen LogP contribution in [0.4, 0.5) is 0 Å². The minimum absolute atomic E-state index is 0.0364. The van der Waals surface area contributed by atoms with E-state index in [1.165, 1.54) is 11.8 Å². The van der Waals surface area contributed by atoms with Crippen molar-refractivity contribution in [2.75, 3.05) is 12.4 Å². The molecule has 0 saturated carbocycles. The second-order valence-corrected chi connectivity index (χ2v) is 5.41. The summed E-state index contributed by atoms with van der Waals surface area (Å²) in [6.07, 6.45) is 0.685. The monoisotopic (exact) mass is 295 g/mol. The number of carbonyl (C=O) groups is 2. The molecule has 0 aromatic heterocycles. The average molecular weight is 295 g/mol. The van der Waals surface area contributed by atoms with E-state index in [0.717, 1.165) is 5.56 Å². The van der Waals surface area contributed by atoms with Crippen LogP contribution in [0.3, 0.4) is 0 Å². The molecule has 20 heavy (non-hydrogen) atoms. The van der Waals surface area contributed by atoms with Gasteiger partial charge in [-0.15, -0.1) is 11.8 Å². The molecule has 1 atom stereocenters. The zero-order chi connectivity index (χ0) is 14.8. The van der Waals surface area contributed by atoms with E-state index >= 15 is 0 Å².